The van der Waals surface area contributed by atoms with Crippen molar-refractivity contribution < 1.29 is 9.59 Å². The molecule has 0 spiro atoms. The summed E-state index contributed by atoms with van der Waals surface area (Å²) in [4.78, 5) is 48.8. The first kappa shape index (κ1) is 20.3. The molecule has 0 unspecified atom stereocenters. The van der Waals surface area contributed by atoms with Crippen LogP contribution in [0.15, 0.2) is 35.1 Å². The number of carbonyl (C=O) groups is 2. The van der Waals surface area contributed by atoms with Crippen LogP contribution in [0, 0.1) is 0 Å². The lowest BCUT2D eigenvalue weighted by atomic mass is 9.99. The third-order valence-electron chi connectivity index (χ3n) is 6.15. The maximum absolute atomic E-state index is 13.0. The zero-order valence-electron chi connectivity index (χ0n) is 17.4. The van der Waals surface area contributed by atoms with Crippen molar-refractivity contribution in [3.63, 3.8) is 0 Å². The highest BCUT2D eigenvalue weighted by atomic mass is 16.2. The predicted molar refractivity (Wildman–Crippen MR) is 113 cm³/mol. The molecule has 1 N–H and O–H groups in total. The van der Waals surface area contributed by atoms with Crippen molar-refractivity contribution in [2.75, 3.05) is 13.1 Å². The van der Waals surface area contributed by atoms with E-state index in [4.69, 9.17) is 4.98 Å². The van der Waals surface area contributed by atoms with E-state index in [0.717, 1.165) is 24.8 Å². The second kappa shape index (κ2) is 8.81. The van der Waals surface area contributed by atoms with E-state index in [1.807, 2.05) is 35.2 Å². The largest absolute Gasteiger partial charge is 0.337 e. The van der Waals surface area contributed by atoms with Gasteiger partial charge in [-0.2, -0.15) is 0 Å². The van der Waals surface area contributed by atoms with Crippen LogP contribution in [0.3, 0.4) is 0 Å². The van der Waals surface area contributed by atoms with E-state index in [0.29, 0.717) is 56.0 Å². The van der Waals surface area contributed by atoms with Crippen molar-refractivity contribution in [2.24, 2.45) is 0 Å². The standard InChI is InChI=1S/C23H28N4O3/c1-16(28)26-14-12-18-19(15-26)24-22(25-23(18)30)20-9-5-6-13-27(20)21(29)11-10-17-7-3-2-4-8-17/h2-4,7-8,20H,5-6,9-15H2,1H3,(H,24,25,30)/t20-/m1/s1. The Hall–Kier alpha value is -2.96. The number of hydrogen-bond donors (Lipinski definition) is 1. The Kier molecular flexibility index (Phi) is 5.97. The Morgan fingerprint density at radius 1 is 1.17 bits per heavy atom. The van der Waals surface area contributed by atoms with Crippen LogP contribution in [0.4, 0.5) is 0 Å². The number of nitrogens with one attached hydrogen (secondary N) is 1. The summed E-state index contributed by atoms with van der Waals surface area (Å²) < 4.78 is 0. The third-order valence-corrected chi connectivity index (χ3v) is 6.15. The summed E-state index contributed by atoms with van der Waals surface area (Å²) in [5.74, 6) is 0.630. The van der Waals surface area contributed by atoms with Crippen molar-refractivity contribution in [1.29, 1.82) is 0 Å². The van der Waals surface area contributed by atoms with Crippen LogP contribution >= 0.6 is 0 Å². The van der Waals surface area contributed by atoms with Gasteiger partial charge in [0.05, 0.1) is 18.3 Å². The summed E-state index contributed by atoms with van der Waals surface area (Å²) in [6, 6.07) is 9.78. The number of piperidine rings is 1. The number of H-pyrrole nitrogens is 1. The fraction of sp³-hybridized carbons (Fsp3) is 0.478. The molecule has 4 rings (SSSR count). The van der Waals surface area contributed by atoms with E-state index in [9.17, 15) is 14.4 Å². The molecule has 1 atom stereocenters. The van der Waals surface area contributed by atoms with Crippen LogP contribution in [0.1, 0.15) is 61.3 Å². The number of aromatic nitrogens is 2. The number of rotatable bonds is 4. The maximum atomic E-state index is 13.0. The summed E-state index contributed by atoms with van der Waals surface area (Å²) in [5.41, 5.74) is 2.33. The van der Waals surface area contributed by atoms with E-state index < -0.39 is 0 Å². The van der Waals surface area contributed by atoms with Crippen LogP contribution < -0.4 is 5.56 Å². The summed E-state index contributed by atoms with van der Waals surface area (Å²) in [6.07, 6.45) is 4.39. The first-order valence-corrected chi connectivity index (χ1v) is 10.7. The van der Waals surface area contributed by atoms with Gasteiger partial charge in [0, 0.05) is 32.0 Å². The molecule has 0 bridgehead atoms. The fourth-order valence-corrected chi connectivity index (χ4v) is 4.44. The van der Waals surface area contributed by atoms with Crippen LogP contribution in [-0.4, -0.2) is 44.7 Å². The lowest BCUT2D eigenvalue weighted by Crippen LogP contribution is -2.42. The molecule has 3 heterocycles. The Morgan fingerprint density at radius 2 is 1.97 bits per heavy atom. The minimum Gasteiger partial charge on any atom is -0.337 e. The molecule has 2 aromatic rings. The van der Waals surface area contributed by atoms with Crippen LogP contribution in [0.2, 0.25) is 0 Å². The monoisotopic (exact) mass is 408 g/mol. The van der Waals surface area contributed by atoms with Crippen molar-refractivity contribution in [2.45, 2.75) is 58.0 Å². The quantitative estimate of drug-likeness (QED) is 0.841. The molecule has 2 aliphatic rings. The van der Waals surface area contributed by atoms with Crippen molar-refractivity contribution in [3.05, 3.63) is 63.3 Å². The first-order chi connectivity index (χ1) is 14.5. The molecule has 0 radical (unpaired) electrons. The number of aromatic amines is 1. The fourth-order valence-electron chi connectivity index (χ4n) is 4.44. The molecule has 1 aromatic heterocycles. The van der Waals surface area contributed by atoms with E-state index >= 15 is 0 Å². The number of likely N-dealkylation sites (tertiary alicyclic amines) is 1. The van der Waals surface area contributed by atoms with Gasteiger partial charge in [-0.15, -0.1) is 0 Å². The van der Waals surface area contributed by atoms with E-state index in [2.05, 4.69) is 4.98 Å². The van der Waals surface area contributed by atoms with Gasteiger partial charge in [0.25, 0.3) is 5.56 Å². The molecule has 1 aromatic carbocycles. The molecular formula is C23H28N4O3. The molecule has 1 saturated heterocycles. The normalized spacial score (nSPS) is 18.8. The average molecular weight is 409 g/mol. The second-order valence-corrected chi connectivity index (χ2v) is 8.15. The minimum absolute atomic E-state index is 0.0142. The third kappa shape index (κ3) is 4.30. The predicted octanol–water partition coefficient (Wildman–Crippen LogP) is 2.36. The summed E-state index contributed by atoms with van der Waals surface area (Å²) in [7, 11) is 0. The summed E-state index contributed by atoms with van der Waals surface area (Å²) in [5, 5.41) is 0. The molecule has 30 heavy (non-hydrogen) atoms. The zero-order chi connectivity index (χ0) is 21.1. The molecule has 7 heteroatoms. The number of carbonyl (C=O) groups excluding carboxylic acids is 2. The Bertz CT molecular complexity index is 986. The highest BCUT2D eigenvalue weighted by Crippen LogP contribution is 2.30. The van der Waals surface area contributed by atoms with Crippen molar-refractivity contribution in [3.8, 4) is 0 Å². The number of fused-ring (bicyclic) bond motifs is 1. The number of benzene rings is 1. The number of aryl methyl sites for hydroxylation is 1. The molecule has 0 saturated carbocycles. The van der Waals surface area contributed by atoms with Gasteiger partial charge in [-0.1, -0.05) is 30.3 Å². The van der Waals surface area contributed by atoms with E-state index in [-0.39, 0.29) is 23.4 Å². The van der Waals surface area contributed by atoms with Gasteiger partial charge < -0.3 is 14.8 Å². The van der Waals surface area contributed by atoms with E-state index in [1.165, 1.54) is 6.92 Å². The van der Waals surface area contributed by atoms with Gasteiger partial charge >= 0.3 is 0 Å². The molecular weight excluding hydrogens is 380 g/mol. The van der Waals surface area contributed by atoms with Gasteiger partial charge in [-0.3, -0.25) is 14.4 Å². The molecule has 1 fully saturated rings. The van der Waals surface area contributed by atoms with Crippen LogP contribution in [-0.2, 0) is 29.0 Å². The van der Waals surface area contributed by atoms with Gasteiger partial charge in [-0.25, -0.2) is 4.98 Å². The Morgan fingerprint density at radius 3 is 2.73 bits per heavy atom. The topological polar surface area (TPSA) is 86.4 Å². The maximum Gasteiger partial charge on any atom is 0.254 e. The van der Waals surface area contributed by atoms with Gasteiger partial charge in [0.1, 0.15) is 5.82 Å². The van der Waals surface area contributed by atoms with Gasteiger partial charge in [-0.05, 0) is 37.7 Å². The first-order valence-electron chi connectivity index (χ1n) is 10.7. The van der Waals surface area contributed by atoms with E-state index in [1.54, 1.807) is 4.90 Å². The highest BCUT2D eigenvalue weighted by Gasteiger charge is 2.31. The summed E-state index contributed by atoms with van der Waals surface area (Å²) >= 11 is 0. The Balaban J connectivity index is 1.54. The number of nitrogens with zero attached hydrogens (tertiary/aromatic N) is 3. The number of amides is 2. The number of hydrogen-bond acceptors (Lipinski definition) is 4. The lowest BCUT2D eigenvalue weighted by Gasteiger charge is -2.36. The van der Waals surface area contributed by atoms with Gasteiger partial charge in [0.2, 0.25) is 11.8 Å². The smallest absolute Gasteiger partial charge is 0.254 e. The van der Waals surface area contributed by atoms with Crippen molar-refractivity contribution in [1.82, 2.24) is 19.8 Å². The molecule has 2 aliphatic heterocycles. The van der Waals surface area contributed by atoms with Crippen molar-refractivity contribution >= 4 is 11.8 Å². The molecule has 7 nitrogen and oxygen atoms in total. The zero-order valence-corrected chi connectivity index (χ0v) is 17.4. The lowest BCUT2D eigenvalue weighted by molar-refractivity contribution is -0.135. The van der Waals surface area contributed by atoms with Crippen LogP contribution in [0.5, 0.6) is 0 Å². The summed E-state index contributed by atoms with van der Waals surface area (Å²) in [6.45, 7) is 3.11. The molecule has 158 valence electrons. The van der Waals surface area contributed by atoms with Gasteiger partial charge in [0.15, 0.2) is 0 Å². The Labute approximate surface area is 176 Å². The molecule has 2 amide bonds. The second-order valence-electron chi connectivity index (χ2n) is 8.15. The SMILES string of the molecule is CC(=O)N1CCc2c(nc([C@H]3CCCCN3C(=O)CCc3ccccc3)[nH]c2=O)C1. The average Bonchev–Trinajstić information content (AvgIpc) is 2.77. The highest BCUT2D eigenvalue weighted by molar-refractivity contribution is 5.77. The minimum atomic E-state index is -0.215. The molecule has 0 aliphatic carbocycles. The van der Waals surface area contributed by atoms with Crippen LogP contribution in [0.25, 0.3) is 0 Å².